The molecule has 7 heteroatoms. The van der Waals surface area contributed by atoms with Crippen LogP contribution in [-0.2, 0) is 17.8 Å². The number of carbonyl (C=O) groups is 1. The fourth-order valence-electron chi connectivity index (χ4n) is 3.18. The number of aromatic nitrogens is 4. The van der Waals surface area contributed by atoms with E-state index in [1.54, 1.807) is 13.3 Å². The minimum atomic E-state index is -0.250. The van der Waals surface area contributed by atoms with Crippen molar-refractivity contribution in [2.24, 2.45) is 0 Å². The minimum Gasteiger partial charge on any atom is -0.496 e. The van der Waals surface area contributed by atoms with Crippen molar-refractivity contribution >= 4 is 17.4 Å². The number of nitrogens with zero attached hydrogens (tertiary/aromatic N) is 4. The van der Waals surface area contributed by atoms with Gasteiger partial charge in [0, 0.05) is 22.7 Å². The quantitative estimate of drug-likeness (QED) is 0.521. The van der Waals surface area contributed by atoms with E-state index in [4.69, 9.17) is 14.6 Å². The molecule has 2 aromatic carbocycles. The average Bonchev–Trinajstić information content (AvgIpc) is 3.21. The molecule has 0 atom stereocenters. The van der Waals surface area contributed by atoms with E-state index in [-0.39, 0.29) is 6.47 Å². The van der Waals surface area contributed by atoms with Crippen molar-refractivity contribution in [3.63, 3.8) is 0 Å². The highest BCUT2D eigenvalue weighted by atomic mass is 16.5. The maximum Gasteiger partial charge on any atom is 0.290 e. The first-order chi connectivity index (χ1) is 14.2. The van der Waals surface area contributed by atoms with E-state index in [1.807, 2.05) is 41.3 Å². The number of ether oxygens (including phenoxy) is 1. The molecule has 0 aliphatic heterocycles. The largest absolute Gasteiger partial charge is 0.496 e. The molecule has 0 radical (unpaired) electrons. The molecule has 1 N–H and O–H groups in total. The van der Waals surface area contributed by atoms with Gasteiger partial charge in [-0.05, 0) is 29.7 Å². The summed E-state index contributed by atoms with van der Waals surface area (Å²) < 4.78 is 7.49. The summed E-state index contributed by atoms with van der Waals surface area (Å²) in [4.78, 5) is 8.36. The highest BCUT2D eigenvalue weighted by Gasteiger charge is 2.12. The number of hydrogen-bond acceptors (Lipinski definition) is 5. The first-order valence-corrected chi connectivity index (χ1v) is 9.17. The Kier molecular flexibility index (Phi) is 6.52. The second kappa shape index (κ2) is 9.45. The van der Waals surface area contributed by atoms with E-state index in [9.17, 15) is 0 Å². The molecule has 148 valence electrons. The fraction of sp³-hybridized carbons (Fsp3) is 0.182. The lowest BCUT2D eigenvalue weighted by molar-refractivity contribution is -0.122. The zero-order valence-electron chi connectivity index (χ0n) is 16.3. The molecule has 0 saturated heterocycles. The Hall–Kier alpha value is -3.74. The molecule has 0 bridgehead atoms. The van der Waals surface area contributed by atoms with Gasteiger partial charge >= 0.3 is 0 Å². The molecule has 0 amide bonds. The molecule has 4 aromatic rings. The van der Waals surface area contributed by atoms with Gasteiger partial charge in [-0.25, -0.2) is 0 Å². The molecule has 7 nitrogen and oxygen atoms in total. The second-order valence-corrected chi connectivity index (χ2v) is 6.31. The minimum absolute atomic E-state index is 0.250. The molecule has 0 spiro atoms. The van der Waals surface area contributed by atoms with Gasteiger partial charge in [0.25, 0.3) is 6.47 Å². The van der Waals surface area contributed by atoms with Crippen LogP contribution in [0.3, 0.4) is 0 Å². The first-order valence-electron chi connectivity index (χ1n) is 9.17. The Labute approximate surface area is 168 Å². The smallest absolute Gasteiger partial charge is 0.290 e. The van der Waals surface area contributed by atoms with Crippen molar-refractivity contribution in [2.75, 3.05) is 7.11 Å². The predicted molar refractivity (Wildman–Crippen MR) is 111 cm³/mol. The molecule has 0 unspecified atom stereocenters. The number of benzene rings is 2. The Balaban J connectivity index is 0.000000755. The van der Waals surface area contributed by atoms with Gasteiger partial charge in [0.05, 0.1) is 31.6 Å². The lowest BCUT2D eigenvalue weighted by atomic mass is 10.0. The Bertz CT molecular complexity index is 1090. The van der Waals surface area contributed by atoms with Crippen LogP contribution in [0.4, 0.5) is 0 Å². The maximum absolute atomic E-state index is 8.36. The molecule has 4 rings (SSSR count). The third-order valence-corrected chi connectivity index (χ3v) is 4.55. The van der Waals surface area contributed by atoms with Gasteiger partial charge in [-0.3, -0.25) is 9.48 Å². The summed E-state index contributed by atoms with van der Waals surface area (Å²) in [6.45, 7) is 2.59. The number of hydrogen-bond donors (Lipinski definition) is 1. The second-order valence-electron chi connectivity index (χ2n) is 6.31. The summed E-state index contributed by atoms with van der Waals surface area (Å²) in [5, 5.41) is 20.9. The number of methoxy groups -OCH3 is 1. The van der Waals surface area contributed by atoms with E-state index in [1.165, 1.54) is 5.56 Å². The van der Waals surface area contributed by atoms with Crippen LogP contribution in [0, 0.1) is 0 Å². The summed E-state index contributed by atoms with van der Waals surface area (Å²) in [6, 6.07) is 14.4. The van der Waals surface area contributed by atoms with Crippen molar-refractivity contribution in [2.45, 2.75) is 19.9 Å². The van der Waals surface area contributed by atoms with Crippen molar-refractivity contribution < 1.29 is 14.6 Å². The van der Waals surface area contributed by atoms with Crippen LogP contribution >= 0.6 is 0 Å². The summed E-state index contributed by atoms with van der Waals surface area (Å²) in [7, 11) is 1.70. The molecule has 2 heterocycles. The summed E-state index contributed by atoms with van der Waals surface area (Å²) >= 11 is 0. The Morgan fingerprint density at radius 2 is 1.93 bits per heavy atom. The van der Waals surface area contributed by atoms with E-state index < -0.39 is 0 Å². The molecule has 0 aliphatic carbocycles. The highest BCUT2D eigenvalue weighted by molar-refractivity contribution is 5.94. The van der Waals surface area contributed by atoms with Gasteiger partial charge in [0.1, 0.15) is 5.75 Å². The topological polar surface area (TPSA) is 90.1 Å². The average molecular weight is 390 g/mol. The van der Waals surface area contributed by atoms with Crippen LogP contribution in [-0.4, -0.2) is 38.7 Å². The highest BCUT2D eigenvalue weighted by Crippen LogP contribution is 2.32. The summed E-state index contributed by atoms with van der Waals surface area (Å²) in [5.41, 5.74) is 5.25. The molecule has 29 heavy (non-hydrogen) atoms. The van der Waals surface area contributed by atoms with Crippen LogP contribution in [0.5, 0.6) is 5.75 Å². The van der Waals surface area contributed by atoms with E-state index in [2.05, 4.69) is 40.4 Å². The van der Waals surface area contributed by atoms with E-state index in [0.717, 1.165) is 46.3 Å². The zero-order chi connectivity index (χ0) is 20.6. The van der Waals surface area contributed by atoms with Crippen molar-refractivity contribution in [1.82, 2.24) is 20.0 Å². The number of carboxylic acid groups (broad SMARTS) is 1. The molecule has 0 fully saturated rings. The normalized spacial score (nSPS) is 10.3. The van der Waals surface area contributed by atoms with Gasteiger partial charge in [0.2, 0.25) is 0 Å². The van der Waals surface area contributed by atoms with Crippen molar-refractivity contribution in [3.8, 4) is 16.9 Å². The fourth-order valence-corrected chi connectivity index (χ4v) is 3.18. The monoisotopic (exact) mass is 390 g/mol. The van der Waals surface area contributed by atoms with Crippen LogP contribution in [0.25, 0.3) is 22.0 Å². The number of fused-ring (bicyclic) bond motifs is 1. The van der Waals surface area contributed by atoms with Crippen LogP contribution in [0.15, 0.2) is 61.1 Å². The Morgan fingerprint density at radius 1 is 1.17 bits per heavy atom. The molecule has 0 saturated carbocycles. The number of rotatable bonds is 5. The van der Waals surface area contributed by atoms with Crippen molar-refractivity contribution in [1.29, 1.82) is 0 Å². The Morgan fingerprint density at radius 3 is 2.62 bits per heavy atom. The third-order valence-electron chi connectivity index (χ3n) is 4.55. The first kappa shape index (κ1) is 20.0. The maximum atomic E-state index is 8.36. The van der Waals surface area contributed by atoms with Gasteiger partial charge < -0.3 is 9.84 Å². The zero-order valence-corrected chi connectivity index (χ0v) is 16.3. The molecule has 2 aromatic heterocycles. The van der Waals surface area contributed by atoms with Gasteiger partial charge in [0.15, 0.2) is 0 Å². The lowest BCUT2D eigenvalue weighted by Gasteiger charge is -2.10. The van der Waals surface area contributed by atoms with Crippen molar-refractivity contribution in [3.05, 3.63) is 72.2 Å². The van der Waals surface area contributed by atoms with Crippen LogP contribution in [0.1, 0.15) is 18.1 Å². The number of aryl methyl sites for hydroxylation is 1. The van der Waals surface area contributed by atoms with Gasteiger partial charge in [-0.2, -0.15) is 15.3 Å². The third kappa shape index (κ3) is 4.57. The predicted octanol–water partition coefficient (Wildman–Crippen LogP) is 3.81. The van der Waals surface area contributed by atoms with Crippen LogP contribution < -0.4 is 4.74 Å². The molecular weight excluding hydrogens is 368 g/mol. The summed E-state index contributed by atoms with van der Waals surface area (Å²) in [5.74, 6) is 0.880. The molecule has 0 aliphatic rings. The van der Waals surface area contributed by atoms with E-state index in [0.29, 0.717) is 0 Å². The van der Waals surface area contributed by atoms with Gasteiger partial charge in [-0.15, -0.1) is 0 Å². The molecular formula is C22H22N4O3. The summed E-state index contributed by atoms with van der Waals surface area (Å²) in [6.07, 6.45) is 6.60. The SMILES string of the molecule is CCc1cc2nncc(-c3cnn(Cc4ccccc4)c3)c2cc1OC.O=CO. The van der Waals surface area contributed by atoms with E-state index >= 15 is 0 Å². The van der Waals surface area contributed by atoms with Crippen LogP contribution in [0.2, 0.25) is 0 Å². The standard InChI is InChI=1S/C21H20N4O.CH2O2/c1-3-16-9-20-18(10-21(16)26-2)19(12-22-24-20)17-11-23-25(14-17)13-15-7-5-4-6-8-15;2-1-3/h4-12,14H,3,13H2,1-2H3;1H,(H,2,3). The van der Waals surface area contributed by atoms with Gasteiger partial charge in [-0.1, -0.05) is 37.3 Å². The lowest BCUT2D eigenvalue weighted by Crippen LogP contribution is -1.99.